The van der Waals surface area contributed by atoms with E-state index in [0.29, 0.717) is 11.6 Å². The second-order valence-electron chi connectivity index (χ2n) is 4.05. The summed E-state index contributed by atoms with van der Waals surface area (Å²) in [5, 5.41) is 11.0. The van der Waals surface area contributed by atoms with E-state index >= 15 is 0 Å². The summed E-state index contributed by atoms with van der Waals surface area (Å²) in [6.45, 7) is 6.46. The van der Waals surface area contributed by atoms with Gasteiger partial charge in [-0.05, 0) is 38.0 Å². The molecule has 0 saturated heterocycles. The van der Waals surface area contributed by atoms with Crippen LogP contribution in [0.5, 0.6) is 0 Å². The molecule has 0 fully saturated rings. The molecular weight excluding hydrogens is 224 g/mol. The van der Waals surface area contributed by atoms with E-state index in [0.717, 1.165) is 12.0 Å². The molecule has 0 aliphatic rings. The van der Waals surface area contributed by atoms with Gasteiger partial charge in [-0.15, -0.1) is 0 Å². The molecule has 2 unspecified atom stereocenters. The summed E-state index contributed by atoms with van der Waals surface area (Å²) in [6, 6.07) is 7.23. The highest BCUT2D eigenvalue weighted by molar-refractivity contribution is 6.30. The molecule has 0 bridgehead atoms. The second-order valence-corrected chi connectivity index (χ2v) is 4.49. The number of benzene rings is 1. The Morgan fingerprint density at radius 3 is 2.31 bits per heavy atom. The first kappa shape index (κ1) is 13.5. The van der Waals surface area contributed by atoms with E-state index in [9.17, 15) is 5.11 Å². The first-order valence-corrected chi connectivity index (χ1v) is 5.98. The van der Waals surface area contributed by atoms with Crippen LogP contribution in [0, 0.1) is 0 Å². The van der Waals surface area contributed by atoms with Gasteiger partial charge < -0.3 is 9.84 Å². The fourth-order valence-corrected chi connectivity index (χ4v) is 1.83. The van der Waals surface area contributed by atoms with Gasteiger partial charge in [0.2, 0.25) is 0 Å². The Morgan fingerprint density at radius 2 is 1.88 bits per heavy atom. The summed E-state index contributed by atoms with van der Waals surface area (Å²) in [5.74, 6) is 0. The SMILES string of the molecule is CCOC(C)(CC)C(O)c1ccc(Cl)cc1. The Hall–Kier alpha value is -0.570. The molecule has 0 heterocycles. The third-order valence-electron chi connectivity index (χ3n) is 2.94. The standard InChI is InChI=1S/C13H19ClO2/c1-4-13(3,16-5-2)12(15)10-6-8-11(14)9-7-10/h6-9,12,15H,4-5H2,1-3H3. The normalized spacial score (nSPS) is 16.8. The largest absolute Gasteiger partial charge is 0.385 e. The van der Waals surface area contributed by atoms with Gasteiger partial charge in [0, 0.05) is 11.6 Å². The minimum Gasteiger partial charge on any atom is -0.385 e. The first-order chi connectivity index (χ1) is 7.53. The van der Waals surface area contributed by atoms with Gasteiger partial charge in [0.1, 0.15) is 6.10 Å². The van der Waals surface area contributed by atoms with Crippen molar-refractivity contribution in [1.29, 1.82) is 0 Å². The summed E-state index contributed by atoms with van der Waals surface area (Å²) in [4.78, 5) is 0. The molecule has 2 nitrogen and oxygen atoms in total. The van der Waals surface area contributed by atoms with Crippen LogP contribution in [0.3, 0.4) is 0 Å². The molecule has 0 spiro atoms. The van der Waals surface area contributed by atoms with Crippen LogP contribution >= 0.6 is 11.6 Å². The molecule has 1 rings (SSSR count). The van der Waals surface area contributed by atoms with Crippen LogP contribution in [0.4, 0.5) is 0 Å². The monoisotopic (exact) mass is 242 g/mol. The minimum absolute atomic E-state index is 0.539. The molecule has 0 saturated carbocycles. The number of aliphatic hydroxyl groups excluding tert-OH is 1. The van der Waals surface area contributed by atoms with Gasteiger partial charge in [0.25, 0.3) is 0 Å². The van der Waals surface area contributed by atoms with Crippen molar-refractivity contribution in [1.82, 2.24) is 0 Å². The van der Waals surface area contributed by atoms with Gasteiger partial charge in [0.15, 0.2) is 0 Å². The van der Waals surface area contributed by atoms with Crippen molar-refractivity contribution in [3.8, 4) is 0 Å². The van der Waals surface area contributed by atoms with Crippen LogP contribution in [0.2, 0.25) is 5.02 Å². The lowest BCUT2D eigenvalue weighted by Gasteiger charge is -2.33. The molecule has 1 aromatic carbocycles. The van der Waals surface area contributed by atoms with Gasteiger partial charge in [-0.1, -0.05) is 30.7 Å². The average molecular weight is 243 g/mol. The molecule has 0 radical (unpaired) electrons. The van der Waals surface area contributed by atoms with E-state index < -0.39 is 11.7 Å². The number of hydrogen-bond donors (Lipinski definition) is 1. The van der Waals surface area contributed by atoms with Crippen LogP contribution in [0.15, 0.2) is 24.3 Å². The Kier molecular flexibility index (Phi) is 4.78. The zero-order valence-corrected chi connectivity index (χ0v) is 10.8. The maximum atomic E-state index is 10.3. The zero-order chi connectivity index (χ0) is 12.2. The van der Waals surface area contributed by atoms with Crippen molar-refractivity contribution >= 4 is 11.6 Å². The summed E-state index contributed by atoms with van der Waals surface area (Å²) in [6.07, 6.45) is 0.125. The molecule has 90 valence electrons. The fraction of sp³-hybridized carbons (Fsp3) is 0.538. The van der Waals surface area contributed by atoms with Crippen molar-refractivity contribution in [2.75, 3.05) is 6.61 Å². The van der Waals surface area contributed by atoms with Crippen LogP contribution in [0.25, 0.3) is 0 Å². The van der Waals surface area contributed by atoms with Crippen molar-refractivity contribution in [2.24, 2.45) is 0 Å². The van der Waals surface area contributed by atoms with Gasteiger partial charge in [-0.2, -0.15) is 0 Å². The van der Waals surface area contributed by atoms with E-state index in [1.165, 1.54) is 0 Å². The van der Waals surface area contributed by atoms with E-state index in [4.69, 9.17) is 16.3 Å². The van der Waals surface area contributed by atoms with Gasteiger partial charge in [-0.25, -0.2) is 0 Å². The summed E-state index contributed by atoms with van der Waals surface area (Å²) >= 11 is 5.81. The fourth-order valence-electron chi connectivity index (χ4n) is 1.70. The van der Waals surface area contributed by atoms with Crippen molar-refractivity contribution in [2.45, 2.75) is 38.9 Å². The van der Waals surface area contributed by atoms with Gasteiger partial charge in [0.05, 0.1) is 5.60 Å². The number of halogens is 1. The molecule has 1 N–H and O–H groups in total. The minimum atomic E-state index is -0.630. The van der Waals surface area contributed by atoms with Gasteiger partial charge in [-0.3, -0.25) is 0 Å². The highest BCUT2D eigenvalue weighted by Crippen LogP contribution is 2.32. The number of ether oxygens (including phenoxy) is 1. The maximum Gasteiger partial charge on any atom is 0.108 e. The summed E-state index contributed by atoms with van der Waals surface area (Å²) in [5.41, 5.74) is 0.296. The molecule has 0 aliphatic heterocycles. The Labute approximate surface area is 102 Å². The molecule has 2 atom stereocenters. The number of rotatable bonds is 5. The van der Waals surface area contributed by atoms with E-state index in [-0.39, 0.29) is 0 Å². The molecule has 1 aromatic rings. The van der Waals surface area contributed by atoms with E-state index in [2.05, 4.69) is 0 Å². The molecule has 3 heteroatoms. The molecule has 0 aliphatic carbocycles. The van der Waals surface area contributed by atoms with E-state index in [1.54, 1.807) is 12.1 Å². The molecule has 16 heavy (non-hydrogen) atoms. The smallest absolute Gasteiger partial charge is 0.108 e. The first-order valence-electron chi connectivity index (χ1n) is 5.61. The topological polar surface area (TPSA) is 29.5 Å². The lowest BCUT2D eigenvalue weighted by molar-refractivity contribution is -0.113. The van der Waals surface area contributed by atoms with Gasteiger partial charge >= 0.3 is 0 Å². The highest BCUT2D eigenvalue weighted by atomic mass is 35.5. The quantitative estimate of drug-likeness (QED) is 0.855. The molecule has 0 amide bonds. The summed E-state index contributed by atoms with van der Waals surface area (Å²) < 4.78 is 5.64. The van der Waals surface area contributed by atoms with Crippen LogP contribution in [-0.4, -0.2) is 17.3 Å². The van der Waals surface area contributed by atoms with E-state index in [1.807, 2.05) is 32.9 Å². The lowest BCUT2D eigenvalue weighted by Crippen LogP contribution is -2.35. The number of aliphatic hydroxyl groups is 1. The predicted molar refractivity (Wildman–Crippen MR) is 66.7 cm³/mol. The van der Waals surface area contributed by atoms with Crippen molar-refractivity contribution < 1.29 is 9.84 Å². The third kappa shape index (κ3) is 2.97. The Balaban J connectivity index is 2.90. The summed E-state index contributed by atoms with van der Waals surface area (Å²) in [7, 11) is 0. The Morgan fingerprint density at radius 1 is 1.31 bits per heavy atom. The molecule has 0 aromatic heterocycles. The second kappa shape index (κ2) is 5.67. The van der Waals surface area contributed by atoms with Crippen LogP contribution < -0.4 is 0 Å². The van der Waals surface area contributed by atoms with Crippen molar-refractivity contribution in [3.05, 3.63) is 34.9 Å². The van der Waals surface area contributed by atoms with Crippen molar-refractivity contribution in [3.63, 3.8) is 0 Å². The number of hydrogen-bond acceptors (Lipinski definition) is 2. The maximum absolute atomic E-state index is 10.3. The molecular formula is C13H19ClO2. The highest BCUT2D eigenvalue weighted by Gasteiger charge is 2.32. The zero-order valence-electron chi connectivity index (χ0n) is 10.0. The Bertz CT molecular complexity index is 323. The average Bonchev–Trinajstić information content (AvgIpc) is 2.29. The predicted octanol–water partition coefficient (Wildman–Crippen LogP) is 3.58. The van der Waals surface area contributed by atoms with Crippen LogP contribution in [-0.2, 0) is 4.74 Å². The lowest BCUT2D eigenvalue weighted by atomic mass is 9.90. The van der Waals surface area contributed by atoms with Crippen LogP contribution in [0.1, 0.15) is 38.9 Å². The third-order valence-corrected chi connectivity index (χ3v) is 3.19.